The van der Waals surface area contributed by atoms with E-state index in [0.717, 1.165) is 5.56 Å². The van der Waals surface area contributed by atoms with E-state index in [9.17, 15) is 14.4 Å². The van der Waals surface area contributed by atoms with Crippen molar-refractivity contribution in [3.8, 4) is 5.75 Å². The summed E-state index contributed by atoms with van der Waals surface area (Å²) in [6.07, 6.45) is 2.96. The number of nitrogens with two attached hydrogens (primary N) is 1. The van der Waals surface area contributed by atoms with Crippen LogP contribution in [0.1, 0.15) is 38.4 Å². The highest BCUT2D eigenvalue weighted by molar-refractivity contribution is 5.98. The minimum Gasteiger partial charge on any atom is -0.425 e. The molecule has 0 bridgehead atoms. The molecule has 0 saturated carbocycles. The van der Waals surface area contributed by atoms with Crippen LogP contribution in [0.4, 0.5) is 5.82 Å². The molecule has 3 aromatic carbocycles. The minimum atomic E-state index is -1.21. The number of para-hydroxylation sites is 1. The summed E-state index contributed by atoms with van der Waals surface area (Å²) in [4.78, 5) is 43.4. The number of nitrogens with zero attached hydrogens (tertiary/aromatic N) is 2. The Bertz CT molecular complexity index is 1440. The summed E-state index contributed by atoms with van der Waals surface area (Å²) in [5.74, 6) is -1.01. The predicted molar refractivity (Wildman–Crippen MR) is 161 cm³/mol. The van der Waals surface area contributed by atoms with E-state index < -0.39 is 35.4 Å². The number of esters is 1. The summed E-state index contributed by atoms with van der Waals surface area (Å²) in [5, 5.41) is 5.36. The van der Waals surface area contributed by atoms with E-state index in [1.54, 1.807) is 54.8 Å². The number of amides is 2. The van der Waals surface area contributed by atoms with Crippen molar-refractivity contribution >= 4 is 23.6 Å². The Morgan fingerprint density at radius 2 is 1.52 bits per heavy atom. The third-order valence-corrected chi connectivity index (χ3v) is 6.05. The van der Waals surface area contributed by atoms with Crippen LogP contribution in [0.2, 0.25) is 0 Å². The summed E-state index contributed by atoms with van der Waals surface area (Å²) in [7, 11) is 0. The van der Waals surface area contributed by atoms with Crippen molar-refractivity contribution in [3.05, 3.63) is 115 Å². The monoisotopic (exact) mass is 571 g/mol. The van der Waals surface area contributed by atoms with Gasteiger partial charge in [-0.25, -0.2) is 9.78 Å². The number of nitrogens with one attached hydrogen (secondary N) is 2. The molecule has 0 aliphatic carbocycles. The molecule has 2 amide bonds. The van der Waals surface area contributed by atoms with E-state index in [-0.39, 0.29) is 26.5 Å². The van der Waals surface area contributed by atoms with Crippen molar-refractivity contribution in [3.63, 3.8) is 0 Å². The lowest BCUT2D eigenvalue weighted by atomic mass is 10.1. The molecule has 0 spiro atoms. The van der Waals surface area contributed by atoms with Gasteiger partial charge in [0.15, 0.2) is 11.9 Å². The average Bonchev–Trinajstić information content (AvgIpc) is 3.41. The molecule has 0 fully saturated rings. The van der Waals surface area contributed by atoms with Crippen LogP contribution in [-0.2, 0) is 25.7 Å². The van der Waals surface area contributed by atoms with Gasteiger partial charge >= 0.3 is 5.97 Å². The maximum absolute atomic E-state index is 13.3. The Labute approximate surface area is 245 Å². The van der Waals surface area contributed by atoms with E-state index in [4.69, 9.17) is 15.2 Å². The molecule has 1 aromatic heterocycles. The molecule has 4 N–H and O–H groups in total. The SMILES string of the molecule is C.CC(C)(N)C(=O)NC(COCc1ccccc1)C(=O)Nc1cn(C(C(=O)Oc2ccccc2)c2ccccc2)cn1. The van der Waals surface area contributed by atoms with Gasteiger partial charge in [0, 0.05) is 6.20 Å². The van der Waals surface area contributed by atoms with Crippen molar-refractivity contribution < 1.29 is 23.9 Å². The van der Waals surface area contributed by atoms with Crippen LogP contribution in [-0.4, -0.2) is 45.5 Å². The van der Waals surface area contributed by atoms with Crippen LogP contribution in [0.15, 0.2) is 104 Å². The topological polar surface area (TPSA) is 138 Å². The van der Waals surface area contributed by atoms with Gasteiger partial charge in [-0.05, 0) is 37.1 Å². The second-order valence-electron chi connectivity index (χ2n) is 9.99. The number of ether oxygens (including phenoxy) is 2. The molecule has 0 saturated heterocycles. The van der Waals surface area contributed by atoms with Gasteiger partial charge in [0.25, 0.3) is 5.91 Å². The van der Waals surface area contributed by atoms with Crippen molar-refractivity contribution in [2.75, 3.05) is 11.9 Å². The Hall–Kier alpha value is -4.80. The molecular weight excluding hydrogens is 534 g/mol. The number of benzene rings is 3. The maximum atomic E-state index is 13.3. The molecule has 220 valence electrons. The van der Waals surface area contributed by atoms with Gasteiger partial charge in [-0.3, -0.25) is 9.59 Å². The summed E-state index contributed by atoms with van der Waals surface area (Å²) >= 11 is 0. The third-order valence-electron chi connectivity index (χ3n) is 6.05. The smallest absolute Gasteiger partial charge is 0.339 e. The molecule has 0 aliphatic rings. The Morgan fingerprint density at radius 1 is 0.929 bits per heavy atom. The fourth-order valence-corrected chi connectivity index (χ4v) is 3.88. The Kier molecular flexibility index (Phi) is 11.1. The number of carbonyl (C=O) groups is 3. The van der Waals surface area contributed by atoms with Gasteiger partial charge in [0.05, 0.1) is 25.1 Å². The second kappa shape index (κ2) is 14.7. The highest BCUT2D eigenvalue weighted by Gasteiger charge is 2.29. The largest absolute Gasteiger partial charge is 0.425 e. The van der Waals surface area contributed by atoms with Crippen molar-refractivity contribution in [2.45, 2.75) is 45.5 Å². The minimum absolute atomic E-state index is 0. The van der Waals surface area contributed by atoms with Crippen LogP contribution in [0, 0.1) is 0 Å². The normalized spacial score (nSPS) is 12.4. The first kappa shape index (κ1) is 31.7. The lowest BCUT2D eigenvalue weighted by Crippen LogP contribution is -2.56. The van der Waals surface area contributed by atoms with Gasteiger partial charge in [-0.2, -0.15) is 0 Å². The summed E-state index contributed by atoms with van der Waals surface area (Å²) in [6, 6.07) is 25.4. The predicted octanol–water partition coefficient (Wildman–Crippen LogP) is 4.09. The van der Waals surface area contributed by atoms with E-state index in [0.29, 0.717) is 11.3 Å². The molecule has 4 aromatic rings. The molecule has 42 heavy (non-hydrogen) atoms. The molecule has 0 radical (unpaired) electrons. The second-order valence-corrected chi connectivity index (χ2v) is 9.99. The molecule has 2 unspecified atom stereocenters. The van der Waals surface area contributed by atoms with Crippen LogP contribution in [0.25, 0.3) is 0 Å². The number of hydrogen-bond donors (Lipinski definition) is 3. The van der Waals surface area contributed by atoms with Crippen LogP contribution in [0.3, 0.4) is 0 Å². The highest BCUT2D eigenvalue weighted by atomic mass is 16.5. The Balaban J connectivity index is 0.00000484. The van der Waals surface area contributed by atoms with Crippen LogP contribution < -0.4 is 21.1 Å². The van der Waals surface area contributed by atoms with E-state index >= 15 is 0 Å². The average molecular weight is 572 g/mol. The van der Waals surface area contributed by atoms with Gasteiger partial charge in [-0.1, -0.05) is 86.3 Å². The van der Waals surface area contributed by atoms with Crippen molar-refractivity contribution in [1.29, 1.82) is 0 Å². The zero-order valence-corrected chi connectivity index (χ0v) is 22.9. The lowest BCUT2D eigenvalue weighted by Gasteiger charge is -2.23. The van der Waals surface area contributed by atoms with Crippen LogP contribution in [0.5, 0.6) is 5.75 Å². The first-order chi connectivity index (χ1) is 19.7. The van der Waals surface area contributed by atoms with Gasteiger partial charge < -0.3 is 30.4 Å². The number of hydrogen-bond acceptors (Lipinski definition) is 7. The molecule has 1 heterocycles. The van der Waals surface area contributed by atoms with Crippen LogP contribution >= 0.6 is 0 Å². The molecular formula is C32H37N5O5. The van der Waals surface area contributed by atoms with Gasteiger partial charge in [0.1, 0.15) is 11.8 Å². The van der Waals surface area contributed by atoms with Gasteiger partial charge in [-0.15, -0.1) is 0 Å². The zero-order valence-electron chi connectivity index (χ0n) is 22.9. The molecule has 2 atom stereocenters. The molecule has 0 aliphatic heterocycles. The summed E-state index contributed by atoms with van der Waals surface area (Å²) in [5.41, 5.74) is 6.32. The fourth-order valence-electron chi connectivity index (χ4n) is 3.88. The van der Waals surface area contributed by atoms with E-state index in [1.807, 2.05) is 54.6 Å². The van der Waals surface area contributed by atoms with E-state index in [1.165, 1.54) is 12.5 Å². The number of aromatic nitrogens is 2. The van der Waals surface area contributed by atoms with E-state index in [2.05, 4.69) is 15.6 Å². The molecule has 4 rings (SSSR count). The zero-order chi connectivity index (χ0) is 29.2. The number of imidazole rings is 1. The first-order valence-corrected chi connectivity index (χ1v) is 13.1. The third kappa shape index (κ3) is 8.85. The van der Waals surface area contributed by atoms with Crippen molar-refractivity contribution in [2.24, 2.45) is 5.73 Å². The molecule has 10 heteroatoms. The first-order valence-electron chi connectivity index (χ1n) is 13.1. The highest BCUT2D eigenvalue weighted by Crippen LogP contribution is 2.23. The molecule has 10 nitrogen and oxygen atoms in total. The number of rotatable bonds is 12. The Morgan fingerprint density at radius 3 is 2.14 bits per heavy atom. The quantitative estimate of drug-likeness (QED) is 0.172. The number of carbonyl (C=O) groups excluding carboxylic acids is 3. The summed E-state index contributed by atoms with van der Waals surface area (Å²) < 4.78 is 12.9. The fraction of sp³-hybridized carbons (Fsp3) is 0.250. The lowest BCUT2D eigenvalue weighted by molar-refractivity contribution is -0.136. The standard InChI is InChI=1S/C31H33N5O5.CH4/c1-31(2,32)30(39)34-25(20-40-19-22-12-6-3-7-13-22)28(37)35-26-18-36(21-33-26)27(23-14-8-4-9-15-23)29(38)41-24-16-10-5-11-17-24;/h3-18,21,25,27H,19-20,32H2,1-2H3,(H,34,39)(H,35,37);1H4. The van der Waals surface area contributed by atoms with Gasteiger partial charge in [0.2, 0.25) is 5.91 Å². The number of anilines is 1. The summed E-state index contributed by atoms with van der Waals surface area (Å²) in [6.45, 7) is 3.24. The maximum Gasteiger partial charge on any atom is 0.339 e. The van der Waals surface area contributed by atoms with Crippen molar-refractivity contribution in [1.82, 2.24) is 14.9 Å².